The van der Waals surface area contributed by atoms with Gasteiger partial charge in [0.2, 0.25) is 10.0 Å². The first-order valence-corrected chi connectivity index (χ1v) is 8.20. The molecule has 0 radical (unpaired) electrons. The van der Waals surface area contributed by atoms with Crippen LogP contribution >= 0.6 is 0 Å². The maximum absolute atomic E-state index is 11.3. The quantitative estimate of drug-likeness (QED) is 0.782. The van der Waals surface area contributed by atoms with Crippen LogP contribution in [0.15, 0.2) is 18.2 Å². The lowest BCUT2D eigenvalue weighted by Gasteiger charge is -2.30. The van der Waals surface area contributed by atoms with Gasteiger partial charge in [0, 0.05) is 25.0 Å². The third kappa shape index (κ3) is 4.40. The molecule has 0 spiro atoms. The summed E-state index contributed by atoms with van der Waals surface area (Å²) in [5, 5.41) is 3.12. The number of nitrogens with one attached hydrogen (secondary N) is 2. The van der Waals surface area contributed by atoms with Gasteiger partial charge in [0.05, 0.1) is 12.4 Å². The van der Waals surface area contributed by atoms with Gasteiger partial charge in [-0.05, 0) is 44.5 Å². The van der Waals surface area contributed by atoms with E-state index in [4.69, 9.17) is 0 Å². The average molecular weight is 285 g/mol. The molecule has 5 nitrogen and oxygen atoms in total. The summed E-state index contributed by atoms with van der Waals surface area (Å²) >= 11 is 0. The van der Waals surface area contributed by atoms with Crippen molar-refractivity contribution in [3.63, 3.8) is 0 Å². The summed E-state index contributed by atoms with van der Waals surface area (Å²) in [5.74, 6) is 0. The number of nitrogens with zero attached hydrogens (tertiary/aromatic N) is 1. The second-order valence-corrected chi connectivity index (χ2v) is 6.38. The SMILES string of the molecule is CCN(c1ccc(NC)c(C)c1)C(C)NS(C)(=O)=O. The zero-order valence-electron chi connectivity index (χ0n) is 12.2. The predicted octanol–water partition coefficient (Wildman–Crippen LogP) is 1.76. The highest BCUT2D eigenvalue weighted by Crippen LogP contribution is 2.23. The first kappa shape index (κ1) is 15.8. The van der Waals surface area contributed by atoms with E-state index < -0.39 is 10.0 Å². The number of rotatable bonds is 6. The van der Waals surface area contributed by atoms with Gasteiger partial charge in [-0.25, -0.2) is 8.42 Å². The number of aryl methyl sites for hydroxylation is 1. The molecule has 2 N–H and O–H groups in total. The van der Waals surface area contributed by atoms with Crippen LogP contribution in [0.3, 0.4) is 0 Å². The molecule has 1 rings (SSSR count). The molecule has 0 aliphatic carbocycles. The molecule has 0 amide bonds. The summed E-state index contributed by atoms with van der Waals surface area (Å²) in [6, 6.07) is 6.04. The monoisotopic (exact) mass is 285 g/mol. The third-order valence-corrected chi connectivity index (χ3v) is 3.77. The minimum Gasteiger partial charge on any atom is -0.388 e. The van der Waals surface area contributed by atoms with E-state index >= 15 is 0 Å². The number of sulfonamides is 1. The van der Waals surface area contributed by atoms with Gasteiger partial charge in [-0.1, -0.05) is 0 Å². The normalized spacial score (nSPS) is 13.1. The maximum Gasteiger partial charge on any atom is 0.210 e. The predicted molar refractivity (Wildman–Crippen MR) is 81.2 cm³/mol. The molecule has 1 aromatic carbocycles. The molecule has 1 aromatic rings. The Morgan fingerprint density at radius 2 is 2.00 bits per heavy atom. The van der Waals surface area contributed by atoms with Crippen LogP contribution in [-0.4, -0.2) is 34.4 Å². The minimum absolute atomic E-state index is 0.278. The third-order valence-electron chi connectivity index (χ3n) is 3.00. The van der Waals surface area contributed by atoms with Crippen molar-refractivity contribution < 1.29 is 8.42 Å². The first-order chi connectivity index (χ1) is 8.78. The largest absolute Gasteiger partial charge is 0.388 e. The topological polar surface area (TPSA) is 61.4 Å². The Kier molecular flexibility index (Phi) is 5.20. The van der Waals surface area contributed by atoms with Crippen molar-refractivity contribution in [2.45, 2.75) is 26.9 Å². The van der Waals surface area contributed by atoms with Crippen molar-refractivity contribution in [2.75, 3.05) is 30.1 Å². The highest BCUT2D eigenvalue weighted by atomic mass is 32.2. The van der Waals surface area contributed by atoms with Crippen LogP contribution < -0.4 is 14.9 Å². The number of hydrogen-bond donors (Lipinski definition) is 2. The summed E-state index contributed by atoms with van der Waals surface area (Å²) < 4.78 is 25.2. The molecule has 1 atom stereocenters. The molecular formula is C13H23N3O2S. The molecule has 0 saturated carbocycles. The molecule has 19 heavy (non-hydrogen) atoms. The Morgan fingerprint density at radius 1 is 1.37 bits per heavy atom. The summed E-state index contributed by atoms with van der Waals surface area (Å²) in [6.45, 7) is 6.59. The Hall–Kier alpha value is -1.27. The van der Waals surface area contributed by atoms with Gasteiger partial charge < -0.3 is 10.2 Å². The number of hydrogen-bond acceptors (Lipinski definition) is 4. The van der Waals surface area contributed by atoms with E-state index in [2.05, 4.69) is 16.1 Å². The number of anilines is 2. The Bertz CT molecular complexity index is 529. The minimum atomic E-state index is -3.21. The van der Waals surface area contributed by atoms with Crippen molar-refractivity contribution in [3.05, 3.63) is 23.8 Å². The van der Waals surface area contributed by atoms with E-state index in [1.807, 2.05) is 44.9 Å². The lowest BCUT2D eigenvalue weighted by molar-refractivity contribution is 0.555. The summed E-state index contributed by atoms with van der Waals surface area (Å²) in [7, 11) is -1.33. The molecule has 0 saturated heterocycles. The van der Waals surface area contributed by atoms with Gasteiger partial charge >= 0.3 is 0 Å². The molecule has 0 heterocycles. The molecule has 0 bridgehead atoms. The summed E-state index contributed by atoms with van der Waals surface area (Å²) in [4.78, 5) is 2.01. The van der Waals surface area contributed by atoms with E-state index in [9.17, 15) is 8.42 Å². The fourth-order valence-electron chi connectivity index (χ4n) is 2.16. The van der Waals surface area contributed by atoms with E-state index in [1.54, 1.807) is 0 Å². The van der Waals surface area contributed by atoms with Crippen molar-refractivity contribution in [3.8, 4) is 0 Å². The highest BCUT2D eigenvalue weighted by Gasteiger charge is 2.16. The van der Waals surface area contributed by atoms with Crippen molar-refractivity contribution in [1.29, 1.82) is 0 Å². The molecule has 0 aromatic heterocycles. The van der Waals surface area contributed by atoms with Gasteiger partial charge in [0.1, 0.15) is 0 Å². The van der Waals surface area contributed by atoms with E-state index in [0.717, 1.165) is 23.5 Å². The van der Waals surface area contributed by atoms with Gasteiger partial charge in [-0.3, -0.25) is 0 Å². The maximum atomic E-state index is 11.3. The number of benzene rings is 1. The fraction of sp³-hybridized carbons (Fsp3) is 0.538. The Balaban J connectivity index is 3.00. The van der Waals surface area contributed by atoms with Crippen LogP contribution in [0.5, 0.6) is 0 Å². The Morgan fingerprint density at radius 3 is 2.42 bits per heavy atom. The zero-order valence-corrected chi connectivity index (χ0v) is 13.0. The van der Waals surface area contributed by atoms with Crippen LogP contribution in [0, 0.1) is 6.92 Å². The lowest BCUT2D eigenvalue weighted by Crippen LogP contribution is -2.46. The van der Waals surface area contributed by atoms with Crippen molar-refractivity contribution >= 4 is 21.4 Å². The van der Waals surface area contributed by atoms with Crippen molar-refractivity contribution in [1.82, 2.24) is 4.72 Å². The molecule has 108 valence electrons. The van der Waals surface area contributed by atoms with Crippen LogP contribution in [-0.2, 0) is 10.0 Å². The van der Waals surface area contributed by atoms with E-state index in [-0.39, 0.29) is 6.17 Å². The summed E-state index contributed by atoms with van der Waals surface area (Å²) in [6.07, 6.45) is 0.895. The zero-order chi connectivity index (χ0) is 14.6. The second kappa shape index (κ2) is 6.25. The van der Waals surface area contributed by atoms with Gasteiger partial charge in [0.25, 0.3) is 0 Å². The average Bonchev–Trinajstić information content (AvgIpc) is 2.27. The van der Waals surface area contributed by atoms with Crippen LogP contribution in [0.25, 0.3) is 0 Å². The molecule has 0 aliphatic rings. The van der Waals surface area contributed by atoms with Gasteiger partial charge in [0.15, 0.2) is 0 Å². The smallest absolute Gasteiger partial charge is 0.210 e. The van der Waals surface area contributed by atoms with Gasteiger partial charge in [-0.15, -0.1) is 0 Å². The standard InChI is InChI=1S/C13H23N3O2S/c1-6-16(11(3)15-19(5,17)18)12-7-8-13(14-4)10(2)9-12/h7-9,11,14-15H,6H2,1-5H3. The highest BCUT2D eigenvalue weighted by molar-refractivity contribution is 7.88. The second-order valence-electron chi connectivity index (χ2n) is 4.60. The van der Waals surface area contributed by atoms with Crippen molar-refractivity contribution in [2.24, 2.45) is 0 Å². The fourth-order valence-corrected chi connectivity index (χ4v) is 2.91. The molecule has 0 aliphatic heterocycles. The molecular weight excluding hydrogens is 262 g/mol. The Labute approximate surface area is 116 Å². The molecule has 6 heteroatoms. The van der Waals surface area contributed by atoms with E-state index in [0.29, 0.717) is 0 Å². The summed E-state index contributed by atoms with van der Waals surface area (Å²) in [5.41, 5.74) is 3.20. The molecule has 1 unspecified atom stereocenters. The van der Waals surface area contributed by atoms with Crippen LogP contribution in [0.2, 0.25) is 0 Å². The van der Waals surface area contributed by atoms with Crippen LogP contribution in [0.1, 0.15) is 19.4 Å². The first-order valence-electron chi connectivity index (χ1n) is 6.30. The lowest BCUT2D eigenvalue weighted by atomic mass is 10.1. The molecule has 0 fully saturated rings. The van der Waals surface area contributed by atoms with E-state index in [1.165, 1.54) is 6.26 Å². The van der Waals surface area contributed by atoms with Gasteiger partial charge in [-0.2, -0.15) is 4.72 Å². The van der Waals surface area contributed by atoms with Crippen LogP contribution in [0.4, 0.5) is 11.4 Å².